The third-order valence-corrected chi connectivity index (χ3v) is 5.78. The number of carbonyl (C=O) groups excluding carboxylic acids is 1. The summed E-state index contributed by atoms with van der Waals surface area (Å²) < 4.78 is 11.2. The lowest BCUT2D eigenvalue weighted by molar-refractivity contribution is -0.114. The van der Waals surface area contributed by atoms with E-state index in [1.807, 2.05) is 30.4 Å². The van der Waals surface area contributed by atoms with E-state index in [4.69, 9.17) is 9.47 Å². The van der Waals surface area contributed by atoms with Gasteiger partial charge in [-0.05, 0) is 67.4 Å². The molecule has 1 aromatic heterocycles. The van der Waals surface area contributed by atoms with E-state index in [2.05, 4.69) is 11.6 Å². The number of hydrogen-bond acceptors (Lipinski definition) is 4. The number of ether oxygens (including phenoxy) is 2. The van der Waals surface area contributed by atoms with E-state index in [0.29, 0.717) is 25.6 Å². The predicted octanol–water partition coefficient (Wildman–Crippen LogP) is 5.36. The molecule has 4 nitrogen and oxygen atoms in total. The van der Waals surface area contributed by atoms with Crippen LogP contribution in [0.25, 0.3) is 17.0 Å². The number of nitrogens with zero attached hydrogens (tertiary/aromatic N) is 1. The van der Waals surface area contributed by atoms with E-state index in [1.165, 1.54) is 19.3 Å². The molecule has 2 unspecified atom stereocenters. The van der Waals surface area contributed by atoms with Gasteiger partial charge in [-0.25, -0.2) is 0 Å². The van der Waals surface area contributed by atoms with Crippen LogP contribution in [0.4, 0.5) is 0 Å². The number of aromatic nitrogens is 1. The van der Waals surface area contributed by atoms with Gasteiger partial charge in [-0.1, -0.05) is 12.5 Å². The van der Waals surface area contributed by atoms with Crippen molar-refractivity contribution in [2.75, 3.05) is 13.2 Å². The first-order valence-electron chi connectivity index (χ1n) is 10.2. The molecule has 4 heteroatoms. The molecule has 146 valence electrons. The molecule has 1 fully saturated rings. The van der Waals surface area contributed by atoms with Gasteiger partial charge in [-0.3, -0.25) is 9.78 Å². The van der Waals surface area contributed by atoms with Gasteiger partial charge < -0.3 is 9.47 Å². The van der Waals surface area contributed by atoms with Crippen LogP contribution in [0, 0.1) is 11.8 Å². The number of ketones is 1. The predicted molar refractivity (Wildman–Crippen MR) is 112 cm³/mol. The highest BCUT2D eigenvalue weighted by atomic mass is 16.6. The Morgan fingerprint density at radius 2 is 1.93 bits per heavy atom. The molecule has 2 aliphatic rings. The lowest BCUT2D eigenvalue weighted by atomic mass is 9.97. The van der Waals surface area contributed by atoms with Crippen molar-refractivity contribution in [1.29, 1.82) is 0 Å². The zero-order valence-electron chi connectivity index (χ0n) is 16.2. The standard InChI is InChI=1S/C24H27NO3/c1-2-3-17-4-5-18(12-17)6-8-21(26)9-7-19-13-20-14-23-24(28-11-10-27-23)15-22(20)25-16-19/h2,7,9,13-18H,1,3-6,8,10-12H2/b9-7+. The Bertz CT molecular complexity index is 902. The minimum atomic E-state index is 0.189. The van der Waals surface area contributed by atoms with Gasteiger partial charge in [0.05, 0.1) is 5.52 Å². The fraction of sp³-hybridized carbons (Fsp3) is 0.417. The minimum absolute atomic E-state index is 0.189. The molecule has 0 saturated heterocycles. The molecule has 0 bridgehead atoms. The Morgan fingerprint density at radius 1 is 1.14 bits per heavy atom. The van der Waals surface area contributed by atoms with Crippen molar-refractivity contribution in [3.63, 3.8) is 0 Å². The summed E-state index contributed by atoms with van der Waals surface area (Å²) in [6.07, 6.45) is 13.9. The van der Waals surface area contributed by atoms with E-state index < -0.39 is 0 Å². The van der Waals surface area contributed by atoms with Gasteiger partial charge in [0.15, 0.2) is 17.3 Å². The Hall–Kier alpha value is -2.62. The van der Waals surface area contributed by atoms with Crippen molar-refractivity contribution in [2.45, 2.75) is 38.5 Å². The van der Waals surface area contributed by atoms with Gasteiger partial charge in [0.1, 0.15) is 13.2 Å². The highest BCUT2D eigenvalue weighted by Gasteiger charge is 2.23. The maximum atomic E-state index is 12.3. The van der Waals surface area contributed by atoms with Gasteiger partial charge in [0.2, 0.25) is 0 Å². The molecule has 1 aliphatic carbocycles. The first kappa shape index (κ1) is 18.7. The third kappa shape index (κ3) is 4.44. The van der Waals surface area contributed by atoms with E-state index in [-0.39, 0.29) is 5.78 Å². The molecule has 28 heavy (non-hydrogen) atoms. The van der Waals surface area contributed by atoms with Crippen LogP contribution in [-0.2, 0) is 4.79 Å². The number of benzene rings is 1. The summed E-state index contributed by atoms with van der Waals surface area (Å²) in [5.74, 6) is 3.15. The van der Waals surface area contributed by atoms with Gasteiger partial charge in [-0.15, -0.1) is 6.58 Å². The van der Waals surface area contributed by atoms with Crippen LogP contribution in [0.2, 0.25) is 0 Å². The van der Waals surface area contributed by atoms with Gasteiger partial charge in [0, 0.05) is 24.1 Å². The summed E-state index contributed by atoms with van der Waals surface area (Å²) in [6, 6.07) is 5.89. The summed E-state index contributed by atoms with van der Waals surface area (Å²) in [6.45, 7) is 4.97. The number of hydrogen-bond donors (Lipinski definition) is 0. The normalized spacial score (nSPS) is 21.3. The molecule has 1 saturated carbocycles. The molecule has 2 aromatic rings. The molecule has 1 aromatic carbocycles. The van der Waals surface area contributed by atoms with Crippen LogP contribution in [-0.4, -0.2) is 24.0 Å². The molecule has 2 atom stereocenters. The molecule has 1 aliphatic heterocycles. The zero-order valence-corrected chi connectivity index (χ0v) is 16.2. The lowest BCUT2D eigenvalue weighted by Crippen LogP contribution is -2.15. The molecular formula is C24H27NO3. The van der Waals surface area contributed by atoms with Crippen LogP contribution >= 0.6 is 0 Å². The van der Waals surface area contributed by atoms with Crippen molar-refractivity contribution in [3.8, 4) is 11.5 Å². The van der Waals surface area contributed by atoms with Crippen LogP contribution in [0.15, 0.2) is 43.1 Å². The summed E-state index contributed by atoms with van der Waals surface area (Å²) in [5.41, 5.74) is 1.78. The van der Waals surface area contributed by atoms with Gasteiger partial charge in [0.25, 0.3) is 0 Å². The molecule has 0 amide bonds. The SMILES string of the molecule is C=CCC1CCC(CCC(=O)/C=C/c2cnc3cc4c(cc3c2)OCCO4)C1. The van der Waals surface area contributed by atoms with Crippen molar-refractivity contribution in [3.05, 3.63) is 48.7 Å². The number of carbonyl (C=O) groups is 1. The first-order valence-corrected chi connectivity index (χ1v) is 10.2. The quantitative estimate of drug-likeness (QED) is 0.481. The van der Waals surface area contributed by atoms with Crippen LogP contribution in [0.1, 0.15) is 44.1 Å². The highest BCUT2D eigenvalue weighted by molar-refractivity contribution is 5.94. The maximum Gasteiger partial charge on any atom is 0.163 e. The molecule has 4 rings (SSSR count). The molecule has 0 radical (unpaired) electrons. The first-order chi connectivity index (χ1) is 13.7. The van der Waals surface area contributed by atoms with E-state index >= 15 is 0 Å². The van der Waals surface area contributed by atoms with E-state index in [0.717, 1.165) is 46.7 Å². The molecule has 2 heterocycles. The van der Waals surface area contributed by atoms with E-state index in [1.54, 1.807) is 12.3 Å². The highest BCUT2D eigenvalue weighted by Crippen LogP contribution is 2.36. The average Bonchev–Trinajstić information content (AvgIpc) is 3.17. The Labute approximate surface area is 166 Å². The van der Waals surface area contributed by atoms with Crippen molar-refractivity contribution in [1.82, 2.24) is 4.98 Å². The molecule has 0 N–H and O–H groups in total. The fourth-order valence-electron chi connectivity index (χ4n) is 4.28. The minimum Gasteiger partial charge on any atom is -0.486 e. The number of fused-ring (bicyclic) bond motifs is 2. The second-order valence-electron chi connectivity index (χ2n) is 7.87. The Balaban J connectivity index is 1.35. The van der Waals surface area contributed by atoms with Crippen LogP contribution < -0.4 is 9.47 Å². The summed E-state index contributed by atoms with van der Waals surface area (Å²) in [4.78, 5) is 16.8. The summed E-state index contributed by atoms with van der Waals surface area (Å²) >= 11 is 0. The number of pyridine rings is 1. The second kappa shape index (κ2) is 8.59. The summed E-state index contributed by atoms with van der Waals surface area (Å²) in [7, 11) is 0. The average molecular weight is 377 g/mol. The van der Waals surface area contributed by atoms with Crippen molar-refractivity contribution in [2.24, 2.45) is 11.8 Å². The smallest absolute Gasteiger partial charge is 0.163 e. The molecule has 0 spiro atoms. The zero-order chi connectivity index (χ0) is 19.3. The largest absolute Gasteiger partial charge is 0.486 e. The number of rotatable bonds is 7. The maximum absolute atomic E-state index is 12.3. The van der Waals surface area contributed by atoms with Crippen LogP contribution in [0.5, 0.6) is 11.5 Å². The third-order valence-electron chi connectivity index (χ3n) is 5.78. The van der Waals surface area contributed by atoms with Crippen molar-refractivity contribution < 1.29 is 14.3 Å². The second-order valence-corrected chi connectivity index (χ2v) is 7.87. The molecular weight excluding hydrogens is 350 g/mol. The van der Waals surface area contributed by atoms with Gasteiger partial charge >= 0.3 is 0 Å². The Kier molecular flexibility index (Phi) is 5.75. The summed E-state index contributed by atoms with van der Waals surface area (Å²) in [5, 5.41) is 0.984. The Morgan fingerprint density at radius 3 is 2.75 bits per heavy atom. The lowest BCUT2D eigenvalue weighted by Gasteiger charge is -2.18. The van der Waals surface area contributed by atoms with Crippen molar-refractivity contribution >= 4 is 22.8 Å². The topological polar surface area (TPSA) is 48.4 Å². The monoisotopic (exact) mass is 377 g/mol. The van der Waals surface area contributed by atoms with Crippen LogP contribution in [0.3, 0.4) is 0 Å². The number of allylic oxidation sites excluding steroid dienone is 2. The van der Waals surface area contributed by atoms with E-state index in [9.17, 15) is 4.79 Å². The fourth-order valence-corrected chi connectivity index (χ4v) is 4.28. The van der Waals surface area contributed by atoms with Gasteiger partial charge in [-0.2, -0.15) is 0 Å².